The van der Waals surface area contributed by atoms with Crippen molar-refractivity contribution < 1.29 is 14.2 Å². The smallest absolute Gasteiger partial charge is 0.193 e. The minimum Gasteiger partial charge on any atom is -0.497 e. The SMILES string of the molecule is CN=C(NCC1(SC)CCOCC1)N1CCC(c2cc(OC)cc(OC)c2)C1. The first-order valence-corrected chi connectivity index (χ1v) is 11.2. The number of nitrogens with zero attached hydrogens (tertiary/aromatic N) is 2. The molecule has 1 unspecified atom stereocenters. The number of hydrogen-bond acceptors (Lipinski definition) is 5. The van der Waals surface area contributed by atoms with Crippen LogP contribution in [-0.2, 0) is 4.74 Å². The molecule has 1 aromatic carbocycles. The molecule has 1 aromatic rings. The highest BCUT2D eigenvalue weighted by atomic mass is 32.2. The largest absolute Gasteiger partial charge is 0.497 e. The van der Waals surface area contributed by atoms with Crippen LogP contribution in [0.3, 0.4) is 0 Å². The fraction of sp³-hybridized carbons (Fsp3) is 0.667. The van der Waals surface area contributed by atoms with E-state index in [2.05, 4.69) is 33.6 Å². The number of rotatable bonds is 6. The van der Waals surface area contributed by atoms with E-state index in [1.165, 1.54) is 5.56 Å². The molecule has 0 spiro atoms. The van der Waals surface area contributed by atoms with Gasteiger partial charge in [-0.1, -0.05) is 0 Å². The Kier molecular flexibility index (Phi) is 7.35. The zero-order valence-electron chi connectivity index (χ0n) is 17.5. The maximum atomic E-state index is 5.56. The molecule has 1 atom stereocenters. The normalized spacial score (nSPS) is 22.2. The average molecular weight is 408 g/mol. The number of nitrogens with one attached hydrogen (secondary N) is 1. The Morgan fingerprint density at radius 2 is 1.93 bits per heavy atom. The van der Waals surface area contributed by atoms with Crippen molar-refractivity contribution in [1.29, 1.82) is 0 Å². The van der Waals surface area contributed by atoms with Crippen molar-refractivity contribution in [2.45, 2.75) is 29.9 Å². The van der Waals surface area contributed by atoms with Crippen LogP contribution < -0.4 is 14.8 Å². The predicted octanol–water partition coefficient (Wildman–Crippen LogP) is 2.98. The Bertz CT molecular complexity index is 655. The lowest BCUT2D eigenvalue weighted by molar-refractivity contribution is 0.0781. The summed E-state index contributed by atoms with van der Waals surface area (Å²) in [5.74, 6) is 3.13. The molecule has 0 bridgehead atoms. The summed E-state index contributed by atoms with van der Waals surface area (Å²) >= 11 is 1.95. The molecule has 0 aromatic heterocycles. The van der Waals surface area contributed by atoms with Gasteiger partial charge in [0.1, 0.15) is 11.5 Å². The second kappa shape index (κ2) is 9.74. The molecule has 2 aliphatic heterocycles. The number of thioether (sulfide) groups is 1. The van der Waals surface area contributed by atoms with Crippen molar-refractivity contribution in [2.75, 3.05) is 60.4 Å². The van der Waals surface area contributed by atoms with Crippen LogP contribution in [-0.4, -0.2) is 76.0 Å². The molecule has 0 amide bonds. The molecule has 156 valence electrons. The third-order valence-electron chi connectivity index (χ3n) is 5.95. The summed E-state index contributed by atoms with van der Waals surface area (Å²) < 4.78 is 16.7. The van der Waals surface area contributed by atoms with Crippen LogP contribution in [0.4, 0.5) is 0 Å². The van der Waals surface area contributed by atoms with Crippen molar-refractivity contribution in [1.82, 2.24) is 10.2 Å². The number of likely N-dealkylation sites (tertiary alicyclic amines) is 1. The van der Waals surface area contributed by atoms with Crippen LogP contribution in [0.25, 0.3) is 0 Å². The monoisotopic (exact) mass is 407 g/mol. The number of benzene rings is 1. The highest BCUT2D eigenvalue weighted by Gasteiger charge is 2.33. The van der Waals surface area contributed by atoms with Gasteiger partial charge in [0.25, 0.3) is 0 Å². The van der Waals surface area contributed by atoms with Gasteiger partial charge in [-0.2, -0.15) is 11.8 Å². The molecule has 6 nitrogen and oxygen atoms in total. The lowest BCUT2D eigenvalue weighted by Crippen LogP contribution is -2.48. The van der Waals surface area contributed by atoms with E-state index in [9.17, 15) is 0 Å². The lowest BCUT2D eigenvalue weighted by Gasteiger charge is -2.37. The van der Waals surface area contributed by atoms with Crippen LogP contribution >= 0.6 is 11.8 Å². The number of methoxy groups -OCH3 is 2. The van der Waals surface area contributed by atoms with E-state index < -0.39 is 0 Å². The Hall–Kier alpha value is -1.60. The first-order valence-electron chi connectivity index (χ1n) is 9.94. The highest BCUT2D eigenvalue weighted by Crippen LogP contribution is 2.34. The zero-order valence-corrected chi connectivity index (χ0v) is 18.3. The standard InChI is InChI=1S/C21H33N3O3S/c1-22-20(23-15-21(28-4)6-9-27-10-7-21)24-8-5-16(14-24)17-11-18(25-2)13-19(12-17)26-3/h11-13,16H,5-10,14-15H2,1-4H3,(H,22,23). The van der Waals surface area contributed by atoms with Gasteiger partial charge in [0.2, 0.25) is 0 Å². The van der Waals surface area contributed by atoms with Crippen LogP contribution in [0.2, 0.25) is 0 Å². The minimum atomic E-state index is 0.244. The molecule has 0 aliphatic carbocycles. The Balaban J connectivity index is 1.63. The van der Waals surface area contributed by atoms with Gasteiger partial charge in [-0.15, -0.1) is 0 Å². The molecule has 28 heavy (non-hydrogen) atoms. The second-order valence-corrected chi connectivity index (χ2v) is 8.75. The first kappa shape index (κ1) is 21.1. The molecule has 3 rings (SSSR count). The van der Waals surface area contributed by atoms with Gasteiger partial charge in [0.05, 0.1) is 14.2 Å². The van der Waals surface area contributed by atoms with Crippen LogP contribution in [0, 0.1) is 0 Å². The van der Waals surface area contributed by atoms with Crippen molar-refractivity contribution in [3.63, 3.8) is 0 Å². The zero-order chi connectivity index (χ0) is 20.0. The number of guanidine groups is 1. The van der Waals surface area contributed by atoms with Crippen molar-refractivity contribution >= 4 is 17.7 Å². The summed E-state index contributed by atoms with van der Waals surface area (Å²) in [7, 11) is 5.27. The van der Waals surface area contributed by atoms with Gasteiger partial charge in [-0.3, -0.25) is 4.99 Å². The summed E-state index contributed by atoms with van der Waals surface area (Å²) in [6.07, 6.45) is 5.48. The summed E-state index contributed by atoms with van der Waals surface area (Å²) in [6.45, 7) is 4.58. The van der Waals surface area contributed by atoms with E-state index in [-0.39, 0.29) is 4.75 Å². The molecular formula is C21H33N3O3S. The molecule has 0 saturated carbocycles. The van der Waals surface area contributed by atoms with E-state index in [0.29, 0.717) is 5.92 Å². The molecule has 1 N–H and O–H groups in total. The summed E-state index contributed by atoms with van der Waals surface area (Å²) in [6, 6.07) is 6.17. The third-order valence-corrected chi connectivity index (χ3v) is 7.37. The maximum Gasteiger partial charge on any atom is 0.193 e. The summed E-state index contributed by atoms with van der Waals surface area (Å²) in [4.78, 5) is 6.92. The Morgan fingerprint density at radius 3 is 2.50 bits per heavy atom. The van der Waals surface area contributed by atoms with E-state index in [1.807, 2.05) is 24.9 Å². The minimum absolute atomic E-state index is 0.244. The molecule has 2 heterocycles. The van der Waals surface area contributed by atoms with Gasteiger partial charge < -0.3 is 24.4 Å². The fourth-order valence-electron chi connectivity index (χ4n) is 4.06. The molecular weight excluding hydrogens is 374 g/mol. The van der Waals surface area contributed by atoms with Crippen molar-refractivity contribution in [2.24, 2.45) is 4.99 Å². The first-order chi connectivity index (χ1) is 13.6. The van der Waals surface area contributed by atoms with E-state index in [0.717, 1.165) is 69.6 Å². The number of aliphatic imine (C=N–C) groups is 1. The van der Waals surface area contributed by atoms with E-state index >= 15 is 0 Å². The number of ether oxygens (including phenoxy) is 3. The maximum absolute atomic E-state index is 5.56. The van der Waals surface area contributed by atoms with Crippen LogP contribution in [0.5, 0.6) is 11.5 Å². The van der Waals surface area contributed by atoms with E-state index in [4.69, 9.17) is 14.2 Å². The Morgan fingerprint density at radius 1 is 1.25 bits per heavy atom. The van der Waals surface area contributed by atoms with Gasteiger partial charge in [-0.05, 0) is 43.2 Å². The molecule has 2 aliphatic rings. The molecule has 0 radical (unpaired) electrons. The second-order valence-electron chi connectivity index (χ2n) is 7.48. The third kappa shape index (κ3) is 4.87. The fourth-order valence-corrected chi connectivity index (χ4v) is 4.85. The van der Waals surface area contributed by atoms with Crippen molar-refractivity contribution in [3.8, 4) is 11.5 Å². The predicted molar refractivity (Wildman–Crippen MR) is 116 cm³/mol. The highest BCUT2D eigenvalue weighted by molar-refractivity contribution is 8.00. The number of hydrogen-bond donors (Lipinski definition) is 1. The Labute approximate surface area is 173 Å². The van der Waals surface area contributed by atoms with Crippen molar-refractivity contribution in [3.05, 3.63) is 23.8 Å². The van der Waals surface area contributed by atoms with Gasteiger partial charge >= 0.3 is 0 Å². The summed E-state index contributed by atoms with van der Waals surface area (Å²) in [5.41, 5.74) is 1.26. The molecule has 7 heteroatoms. The average Bonchev–Trinajstić information content (AvgIpc) is 3.24. The van der Waals surface area contributed by atoms with Gasteiger partial charge in [0.15, 0.2) is 5.96 Å². The summed E-state index contributed by atoms with van der Waals surface area (Å²) in [5, 5.41) is 3.64. The molecule has 2 saturated heterocycles. The molecule has 2 fully saturated rings. The van der Waals surface area contributed by atoms with Crippen LogP contribution in [0.15, 0.2) is 23.2 Å². The van der Waals surface area contributed by atoms with Crippen LogP contribution in [0.1, 0.15) is 30.7 Å². The van der Waals surface area contributed by atoms with Gasteiger partial charge in [-0.25, -0.2) is 0 Å². The quantitative estimate of drug-likeness (QED) is 0.578. The van der Waals surface area contributed by atoms with Gasteiger partial charge in [0, 0.05) is 56.6 Å². The topological polar surface area (TPSA) is 55.3 Å². The van der Waals surface area contributed by atoms with E-state index in [1.54, 1.807) is 14.2 Å². The lowest BCUT2D eigenvalue weighted by atomic mass is 9.98.